The number of methoxy groups -OCH3 is 1. The SMILES string of the molecule is COc1ccc(NC(=S)NCCSc2ccc(Cl)cc2)cc1O. The quantitative estimate of drug-likeness (QED) is 0.405. The third-order valence-corrected chi connectivity index (χ3v) is 4.42. The Bertz CT molecular complexity index is 666. The van der Waals surface area contributed by atoms with Crippen LogP contribution < -0.4 is 15.4 Å². The van der Waals surface area contributed by atoms with Gasteiger partial charge in [-0.15, -0.1) is 11.8 Å². The van der Waals surface area contributed by atoms with Crippen LogP contribution in [-0.2, 0) is 0 Å². The highest BCUT2D eigenvalue weighted by atomic mass is 35.5. The largest absolute Gasteiger partial charge is 0.504 e. The molecule has 7 heteroatoms. The lowest BCUT2D eigenvalue weighted by Crippen LogP contribution is -2.30. The molecule has 0 radical (unpaired) electrons. The minimum Gasteiger partial charge on any atom is -0.504 e. The van der Waals surface area contributed by atoms with Crippen molar-refractivity contribution in [2.45, 2.75) is 4.90 Å². The topological polar surface area (TPSA) is 53.5 Å². The van der Waals surface area contributed by atoms with Crippen molar-refractivity contribution in [1.29, 1.82) is 0 Å². The maximum absolute atomic E-state index is 9.72. The van der Waals surface area contributed by atoms with Crippen LogP contribution in [0.1, 0.15) is 0 Å². The van der Waals surface area contributed by atoms with Crippen LogP contribution in [-0.4, -0.2) is 29.6 Å². The average Bonchev–Trinajstić information content (AvgIpc) is 2.53. The van der Waals surface area contributed by atoms with E-state index in [1.54, 1.807) is 30.0 Å². The van der Waals surface area contributed by atoms with Gasteiger partial charge in [-0.25, -0.2) is 0 Å². The number of thioether (sulfide) groups is 1. The summed E-state index contributed by atoms with van der Waals surface area (Å²) in [6.07, 6.45) is 0. The van der Waals surface area contributed by atoms with Gasteiger partial charge in [0.2, 0.25) is 0 Å². The molecule has 0 amide bonds. The number of hydrogen-bond acceptors (Lipinski definition) is 4. The molecule has 2 aromatic rings. The highest BCUT2D eigenvalue weighted by Crippen LogP contribution is 2.28. The molecule has 0 bridgehead atoms. The molecule has 0 aromatic heterocycles. The zero-order valence-corrected chi connectivity index (χ0v) is 14.9. The van der Waals surface area contributed by atoms with Crippen LogP contribution in [0.15, 0.2) is 47.4 Å². The van der Waals surface area contributed by atoms with Crippen LogP contribution >= 0.6 is 35.6 Å². The predicted molar refractivity (Wildman–Crippen MR) is 101 cm³/mol. The predicted octanol–water partition coefficient (Wildman–Crippen LogP) is 4.13. The van der Waals surface area contributed by atoms with Gasteiger partial charge in [-0.1, -0.05) is 11.6 Å². The third-order valence-electron chi connectivity index (χ3n) is 2.91. The first kappa shape index (κ1) is 17.7. The zero-order chi connectivity index (χ0) is 16.7. The van der Waals surface area contributed by atoms with Gasteiger partial charge in [-0.3, -0.25) is 0 Å². The summed E-state index contributed by atoms with van der Waals surface area (Å²) in [4.78, 5) is 1.16. The number of nitrogens with one attached hydrogen (secondary N) is 2. The van der Waals surface area contributed by atoms with Crippen LogP contribution in [0.4, 0.5) is 5.69 Å². The van der Waals surface area contributed by atoms with Crippen molar-refractivity contribution in [3.05, 3.63) is 47.5 Å². The number of rotatable bonds is 6. The normalized spacial score (nSPS) is 10.2. The molecule has 23 heavy (non-hydrogen) atoms. The molecule has 4 nitrogen and oxygen atoms in total. The van der Waals surface area contributed by atoms with Gasteiger partial charge in [0.05, 0.1) is 7.11 Å². The Labute approximate surface area is 150 Å². The summed E-state index contributed by atoms with van der Waals surface area (Å²) < 4.78 is 5.00. The molecule has 0 heterocycles. The Hall–Kier alpha value is -1.63. The van der Waals surface area contributed by atoms with E-state index in [9.17, 15) is 5.11 Å². The van der Waals surface area contributed by atoms with Crippen molar-refractivity contribution < 1.29 is 9.84 Å². The molecule has 0 saturated heterocycles. The molecule has 122 valence electrons. The molecule has 0 atom stereocenters. The van der Waals surface area contributed by atoms with Gasteiger partial charge in [0.15, 0.2) is 16.6 Å². The average molecular weight is 369 g/mol. The fraction of sp³-hybridized carbons (Fsp3) is 0.188. The van der Waals surface area contributed by atoms with E-state index in [1.807, 2.05) is 24.3 Å². The summed E-state index contributed by atoms with van der Waals surface area (Å²) >= 11 is 12.8. The third kappa shape index (κ3) is 5.82. The molecule has 0 aliphatic rings. The summed E-state index contributed by atoms with van der Waals surface area (Å²) in [5.74, 6) is 1.37. The summed E-state index contributed by atoms with van der Waals surface area (Å²) in [6, 6.07) is 12.8. The molecule has 0 spiro atoms. The monoisotopic (exact) mass is 368 g/mol. The molecule has 0 saturated carbocycles. The first-order valence-corrected chi connectivity index (χ1v) is 8.66. The van der Waals surface area contributed by atoms with E-state index in [0.717, 1.165) is 22.2 Å². The molecule has 0 unspecified atom stereocenters. The Morgan fingerprint density at radius 3 is 2.65 bits per heavy atom. The highest BCUT2D eigenvalue weighted by molar-refractivity contribution is 7.99. The fourth-order valence-electron chi connectivity index (χ4n) is 1.81. The number of phenolic OH excluding ortho intramolecular Hbond substituents is 1. The zero-order valence-electron chi connectivity index (χ0n) is 12.5. The van der Waals surface area contributed by atoms with E-state index in [1.165, 1.54) is 7.11 Å². The van der Waals surface area contributed by atoms with Gasteiger partial charge in [0.25, 0.3) is 0 Å². The lowest BCUT2D eigenvalue weighted by molar-refractivity contribution is 0.373. The van der Waals surface area contributed by atoms with Gasteiger partial charge < -0.3 is 20.5 Å². The summed E-state index contributed by atoms with van der Waals surface area (Å²) in [7, 11) is 1.51. The van der Waals surface area contributed by atoms with Crippen molar-refractivity contribution in [3.63, 3.8) is 0 Å². The highest BCUT2D eigenvalue weighted by Gasteiger charge is 2.04. The molecule has 0 aliphatic carbocycles. The summed E-state index contributed by atoms with van der Waals surface area (Å²) in [5.41, 5.74) is 0.700. The van der Waals surface area contributed by atoms with Crippen molar-refractivity contribution >= 4 is 46.4 Å². The standard InChI is InChI=1S/C16H17ClN2O2S2/c1-21-15-7-4-12(10-14(15)20)19-16(22)18-8-9-23-13-5-2-11(17)3-6-13/h2-7,10,20H,8-9H2,1H3,(H2,18,19,22). The molecule has 2 aromatic carbocycles. The Morgan fingerprint density at radius 1 is 1.26 bits per heavy atom. The van der Waals surface area contributed by atoms with E-state index >= 15 is 0 Å². The maximum atomic E-state index is 9.72. The molecule has 0 aliphatic heterocycles. The van der Waals surface area contributed by atoms with E-state index < -0.39 is 0 Å². The van der Waals surface area contributed by atoms with Crippen molar-refractivity contribution in [2.24, 2.45) is 0 Å². The second-order valence-corrected chi connectivity index (χ2v) is 6.58. The number of anilines is 1. The number of aromatic hydroxyl groups is 1. The van der Waals surface area contributed by atoms with Gasteiger partial charge in [-0.2, -0.15) is 0 Å². The summed E-state index contributed by atoms with van der Waals surface area (Å²) in [6.45, 7) is 0.723. The maximum Gasteiger partial charge on any atom is 0.170 e. The molecule has 0 fully saturated rings. The van der Waals surface area contributed by atoms with E-state index in [2.05, 4.69) is 10.6 Å². The van der Waals surface area contributed by atoms with Crippen LogP contribution in [0, 0.1) is 0 Å². The molecular weight excluding hydrogens is 352 g/mol. The number of hydrogen-bond donors (Lipinski definition) is 3. The van der Waals surface area contributed by atoms with Crippen LogP contribution in [0.3, 0.4) is 0 Å². The fourth-order valence-corrected chi connectivity index (χ4v) is 2.92. The van der Waals surface area contributed by atoms with E-state index in [-0.39, 0.29) is 5.75 Å². The number of thiocarbonyl (C=S) groups is 1. The van der Waals surface area contributed by atoms with Gasteiger partial charge >= 0.3 is 0 Å². The second kappa shape index (κ2) is 8.86. The lowest BCUT2D eigenvalue weighted by Gasteiger charge is -2.11. The minimum atomic E-state index is 0.0681. The Balaban J connectivity index is 1.72. The van der Waals surface area contributed by atoms with Crippen molar-refractivity contribution in [3.8, 4) is 11.5 Å². The van der Waals surface area contributed by atoms with Crippen LogP contribution in [0.5, 0.6) is 11.5 Å². The number of benzene rings is 2. The minimum absolute atomic E-state index is 0.0681. The van der Waals surface area contributed by atoms with E-state index in [4.69, 9.17) is 28.6 Å². The van der Waals surface area contributed by atoms with Gasteiger partial charge in [0.1, 0.15) is 0 Å². The number of halogens is 1. The van der Waals surface area contributed by atoms with Crippen LogP contribution in [0.25, 0.3) is 0 Å². The van der Waals surface area contributed by atoms with E-state index in [0.29, 0.717) is 16.5 Å². The van der Waals surface area contributed by atoms with Crippen molar-refractivity contribution in [1.82, 2.24) is 5.32 Å². The lowest BCUT2D eigenvalue weighted by atomic mass is 10.3. The second-order valence-electron chi connectivity index (χ2n) is 4.57. The van der Waals surface area contributed by atoms with Gasteiger partial charge in [0, 0.05) is 34.0 Å². The van der Waals surface area contributed by atoms with Crippen molar-refractivity contribution in [2.75, 3.05) is 24.7 Å². The first-order valence-electron chi connectivity index (χ1n) is 6.88. The number of ether oxygens (including phenoxy) is 1. The van der Waals surface area contributed by atoms with Crippen LogP contribution in [0.2, 0.25) is 5.02 Å². The Kier molecular flexibility index (Phi) is 6.83. The van der Waals surface area contributed by atoms with Gasteiger partial charge in [-0.05, 0) is 48.6 Å². The number of phenols is 1. The summed E-state index contributed by atoms with van der Waals surface area (Å²) in [5, 5.41) is 17.1. The molecule has 3 N–H and O–H groups in total. The smallest absolute Gasteiger partial charge is 0.170 e. The molecular formula is C16H17ClN2O2S2. The molecule has 2 rings (SSSR count). The first-order chi connectivity index (χ1) is 11.1. The Morgan fingerprint density at radius 2 is 2.00 bits per heavy atom.